The molecule has 0 spiro atoms. The number of aliphatic hydroxyl groups is 1. The topological polar surface area (TPSA) is 124 Å². The highest BCUT2D eigenvalue weighted by Gasteiger charge is 2.63. The molecule has 6 atom stereocenters. The summed E-state index contributed by atoms with van der Waals surface area (Å²) < 4.78 is 6.13. The van der Waals surface area contributed by atoms with Crippen molar-refractivity contribution < 1.29 is 34.4 Å². The minimum absolute atomic E-state index is 0.0363. The van der Waals surface area contributed by atoms with Gasteiger partial charge in [-0.15, -0.1) is 0 Å². The van der Waals surface area contributed by atoms with Gasteiger partial charge in [-0.1, -0.05) is 40.7 Å². The van der Waals surface area contributed by atoms with Gasteiger partial charge in [0.05, 0.1) is 0 Å². The number of amides is 1. The summed E-state index contributed by atoms with van der Waals surface area (Å²) in [4.78, 5) is 41.8. The first-order valence-corrected chi connectivity index (χ1v) is 14.5. The van der Waals surface area contributed by atoms with Crippen molar-refractivity contribution in [2.75, 3.05) is 6.54 Å². The molecular weight excluding hydrogens is 498 g/mol. The molecule has 3 unspecified atom stereocenters. The van der Waals surface area contributed by atoms with Gasteiger partial charge < -0.3 is 25.0 Å². The molecule has 2 aliphatic carbocycles. The molecule has 0 aromatic heterocycles. The fourth-order valence-corrected chi connectivity index (χ4v) is 7.29. The van der Waals surface area contributed by atoms with E-state index in [1.165, 1.54) is 18.2 Å². The number of ether oxygens (including phenoxy) is 1. The molecule has 3 fully saturated rings. The first kappa shape index (κ1) is 29.4. The molecule has 0 radical (unpaired) electrons. The predicted molar refractivity (Wildman–Crippen MR) is 146 cm³/mol. The summed E-state index contributed by atoms with van der Waals surface area (Å²) in [5, 5.41) is 29.8. The lowest BCUT2D eigenvalue weighted by atomic mass is 9.70. The highest BCUT2D eigenvalue weighted by atomic mass is 16.5. The molecule has 39 heavy (non-hydrogen) atoms. The number of ketones is 1. The average molecular weight is 544 g/mol. The number of esters is 1. The standard InChI is InChI=1S/C31H45NO7/c1-18(2)13-20(16-26(36)25(35)15-19-8-9-23(33)24(34)14-19)28(37)32-12-6-7-22(32)29(38)39-27-17-21-10-11-31(27,5)30(21,3)4/h8-9,14,18,20-22,25,27,33-35H,6-7,10-13,15-17H2,1-5H3/t20-,21?,22+,25-,27?,31?/m1/s1. The van der Waals surface area contributed by atoms with E-state index in [0.717, 1.165) is 19.3 Å². The van der Waals surface area contributed by atoms with Crippen LogP contribution in [-0.4, -0.2) is 62.7 Å². The second-order valence-electron chi connectivity index (χ2n) is 13.3. The number of carbonyl (C=O) groups is 3. The molecule has 1 heterocycles. The van der Waals surface area contributed by atoms with E-state index in [2.05, 4.69) is 20.8 Å². The van der Waals surface area contributed by atoms with Crippen LogP contribution in [0.5, 0.6) is 11.5 Å². The Labute approximate surface area is 231 Å². The molecule has 3 N–H and O–H groups in total. The predicted octanol–water partition coefficient (Wildman–Crippen LogP) is 4.37. The van der Waals surface area contributed by atoms with E-state index in [1.807, 2.05) is 13.8 Å². The lowest BCUT2D eigenvalue weighted by Crippen LogP contribution is -2.47. The van der Waals surface area contributed by atoms with Gasteiger partial charge in [-0.25, -0.2) is 4.79 Å². The number of hydrogen-bond donors (Lipinski definition) is 3. The van der Waals surface area contributed by atoms with Gasteiger partial charge >= 0.3 is 5.97 Å². The van der Waals surface area contributed by atoms with Crippen LogP contribution >= 0.6 is 0 Å². The number of nitrogens with zero attached hydrogens (tertiary/aromatic N) is 1. The molecule has 2 saturated carbocycles. The van der Waals surface area contributed by atoms with Gasteiger partial charge in [0.1, 0.15) is 18.2 Å². The zero-order valence-corrected chi connectivity index (χ0v) is 24.0. The SMILES string of the molecule is CC(C)C[C@H](CC(=O)[C@H](O)Cc1ccc(O)c(O)c1)C(=O)N1CCC[C@H]1C(=O)OC1CC2CCC1(C)C2(C)C. The third-order valence-electron chi connectivity index (χ3n) is 10.2. The Hall–Kier alpha value is -2.61. The van der Waals surface area contributed by atoms with Crippen molar-refractivity contribution in [1.29, 1.82) is 0 Å². The Bertz CT molecular complexity index is 1100. The molecule has 1 amide bonds. The number of fused-ring (bicyclic) bond motifs is 2. The molecule has 4 rings (SSSR count). The fourth-order valence-electron chi connectivity index (χ4n) is 7.29. The van der Waals surface area contributed by atoms with Gasteiger partial charge in [0, 0.05) is 30.7 Å². The van der Waals surface area contributed by atoms with Crippen molar-refractivity contribution in [3.63, 3.8) is 0 Å². The molecule has 1 aliphatic heterocycles. The van der Waals surface area contributed by atoms with Crippen LogP contribution < -0.4 is 0 Å². The van der Waals surface area contributed by atoms with E-state index >= 15 is 0 Å². The van der Waals surface area contributed by atoms with Gasteiger partial charge in [0.25, 0.3) is 0 Å². The quantitative estimate of drug-likeness (QED) is 0.296. The third-order valence-corrected chi connectivity index (χ3v) is 10.2. The van der Waals surface area contributed by atoms with E-state index in [9.17, 15) is 29.7 Å². The zero-order chi connectivity index (χ0) is 28.7. The largest absolute Gasteiger partial charge is 0.504 e. The summed E-state index contributed by atoms with van der Waals surface area (Å²) in [6, 6.07) is 3.50. The van der Waals surface area contributed by atoms with Crippen molar-refractivity contribution in [2.24, 2.45) is 28.6 Å². The van der Waals surface area contributed by atoms with Crippen molar-refractivity contribution in [2.45, 2.75) is 104 Å². The first-order chi connectivity index (χ1) is 18.2. The normalized spacial score (nSPS) is 29.0. The number of benzene rings is 1. The van der Waals surface area contributed by atoms with Gasteiger partial charge in [0.2, 0.25) is 5.91 Å². The Balaban J connectivity index is 1.41. The maximum absolute atomic E-state index is 13.7. The number of aromatic hydroxyl groups is 2. The van der Waals surface area contributed by atoms with Crippen molar-refractivity contribution >= 4 is 17.7 Å². The van der Waals surface area contributed by atoms with Crippen molar-refractivity contribution in [3.8, 4) is 11.5 Å². The molecule has 216 valence electrons. The number of likely N-dealkylation sites (tertiary alicyclic amines) is 1. The highest BCUT2D eigenvalue weighted by molar-refractivity contribution is 5.91. The summed E-state index contributed by atoms with van der Waals surface area (Å²) >= 11 is 0. The van der Waals surface area contributed by atoms with Gasteiger partial charge in [-0.3, -0.25) is 9.59 Å². The summed E-state index contributed by atoms with van der Waals surface area (Å²) in [7, 11) is 0. The molecule has 1 saturated heterocycles. The van der Waals surface area contributed by atoms with E-state index < -0.39 is 23.8 Å². The number of hydrogen-bond acceptors (Lipinski definition) is 7. The monoisotopic (exact) mass is 543 g/mol. The van der Waals surface area contributed by atoms with Crippen LogP contribution in [0, 0.1) is 28.6 Å². The van der Waals surface area contributed by atoms with Crippen LogP contribution in [0.1, 0.15) is 85.1 Å². The van der Waals surface area contributed by atoms with Crippen LogP contribution in [0.4, 0.5) is 0 Å². The summed E-state index contributed by atoms with van der Waals surface area (Å²) in [6.45, 7) is 11.2. The highest BCUT2D eigenvalue weighted by Crippen LogP contribution is 2.66. The van der Waals surface area contributed by atoms with Gasteiger partial charge in [-0.05, 0) is 73.5 Å². The van der Waals surface area contributed by atoms with Crippen LogP contribution in [-0.2, 0) is 25.5 Å². The van der Waals surface area contributed by atoms with Gasteiger partial charge in [0.15, 0.2) is 17.3 Å². The molecule has 8 nitrogen and oxygen atoms in total. The summed E-state index contributed by atoms with van der Waals surface area (Å²) in [5.41, 5.74) is 0.557. The Morgan fingerprint density at radius 1 is 1.10 bits per heavy atom. The average Bonchev–Trinajstić information content (AvgIpc) is 3.49. The Morgan fingerprint density at radius 3 is 2.41 bits per heavy atom. The minimum Gasteiger partial charge on any atom is -0.504 e. The fraction of sp³-hybridized carbons (Fsp3) is 0.710. The minimum atomic E-state index is -1.35. The molecule has 3 aliphatic rings. The van der Waals surface area contributed by atoms with E-state index in [4.69, 9.17) is 4.74 Å². The number of Topliss-reactive ketones (excluding diaryl/α,β-unsaturated/α-hetero) is 1. The second kappa shape index (κ2) is 11.1. The Morgan fingerprint density at radius 2 is 1.82 bits per heavy atom. The van der Waals surface area contributed by atoms with Crippen molar-refractivity contribution in [3.05, 3.63) is 23.8 Å². The first-order valence-electron chi connectivity index (χ1n) is 14.5. The molecule has 2 bridgehead atoms. The number of phenols is 2. The second-order valence-corrected chi connectivity index (χ2v) is 13.3. The van der Waals surface area contributed by atoms with Crippen molar-refractivity contribution in [1.82, 2.24) is 4.90 Å². The van der Waals surface area contributed by atoms with E-state index in [-0.39, 0.29) is 59.1 Å². The van der Waals surface area contributed by atoms with E-state index in [0.29, 0.717) is 37.3 Å². The lowest BCUT2D eigenvalue weighted by molar-refractivity contribution is -0.165. The summed E-state index contributed by atoms with van der Waals surface area (Å²) in [5.74, 6) is -1.59. The number of rotatable bonds is 10. The Kier molecular flexibility index (Phi) is 8.36. The molecule has 1 aromatic rings. The van der Waals surface area contributed by atoms with Crippen LogP contribution in [0.3, 0.4) is 0 Å². The number of aliphatic hydroxyl groups excluding tert-OH is 1. The maximum atomic E-state index is 13.7. The number of carbonyl (C=O) groups excluding carboxylic acids is 3. The van der Waals surface area contributed by atoms with Crippen LogP contribution in [0.25, 0.3) is 0 Å². The molecular formula is C31H45NO7. The van der Waals surface area contributed by atoms with E-state index in [1.54, 1.807) is 4.90 Å². The van der Waals surface area contributed by atoms with Crippen LogP contribution in [0.15, 0.2) is 18.2 Å². The van der Waals surface area contributed by atoms with Crippen LogP contribution in [0.2, 0.25) is 0 Å². The zero-order valence-electron chi connectivity index (χ0n) is 24.0. The van der Waals surface area contributed by atoms with Gasteiger partial charge in [-0.2, -0.15) is 0 Å². The molecule has 8 heteroatoms. The third kappa shape index (κ3) is 5.67. The lowest BCUT2D eigenvalue weighted by Gasteiger charge is -2.39. The number of phenolic OH excluding ortho intramolecular Hbond substituents is 2. The smallest absolute Gasteiger partial charge is 0.329 e. The summed E-state index contributed by atoms with van der Waals surface area (Å²) in [6.07, 6.45) is 3.15. The maximum Gasteiger partial charge on any atom is 0.329 e. The molecule has 1 aromatic carbocycles.